The topological polar surface area (TPSA) is 39.4 Å². The van der Waals surface area contributed by atoms with E-state index in [-0.39, 0.29) is 11.9 Å². The molecule has 0 bridgehead atoms. The van der Waals surface area contributed by atoms with Crippen LogP contribution in [0.5, 0.6) is 0 Å². The summed E-state index contributed by atoms with van der Waals surface area (Å²) >= 11 is 0. The number of fused-ring (bicyclic) bond motifs is 1. The minimum atomic E-state index is -0.364. The Morgan fingerprint density at radius 2 is 2.19 bits per heavy atom. The maximum Gasteiger partial charge on any atom is 0.316 e. The third-order valence-electron chi connectivity index (χ3n) is 2.74. The molecule has 1 heterocycles. The van der Waals surface area contributed by atoms with E-state index >= 15 is 0 Å². The maximum atomic E-state index is 11.4. The summed E-state index contributed by atoms with van der Waals surface area (Å²) in [5.74, 6) is 0.00431. The first-order valence-corrected chi connectivity index (χ1v) is 5.20. The van der Waals surface area contributed by atoms with Crippen LogP contribution in [-0.2, 0) is 9.53 Å². The van der Waals surface area contributed by atoms with Gasteiger partial charge in [-0.15, -0.1) is 0 Å². The molecule has 0 radical (unpaired) electrons. The average molecular weight is 218 g/mol. The monoisotopic (exact) mass is 218 g/mol. The van der Waals surface area contributed by atoms with Crippen LogP contribution in [0.1, 0.15) is 24.2 Å². The maximum absolute atomic E-state index is 11.4. The highest BCUT2D eigenvalue weighted by Gasteiger charge is 2.20. The van der Waals surface area contributed by atoms with Crippen LogP contribution in [0.2, 0.25) is 0 Å². The van der Waals surface area contributed by atoms with Gasteiger partial charge in [0.1, 0.15) is 17.3 Å². The van der Waals surface area contributed by atoms with E-state index in [0.29, 0.717) is 5.76 Å². The van der Waals surface area contributed by atoms with Crippen molar-refractivity contribution in [3.63, 3.8) is 0 Å². The number of carbonyl (C=O) groups is 1. The van der Waals surface area contributed by atoms with E-state index in [9.17, 15) is 4.79 Å². The molecule has 0 saturated carbocycles. The summed E-state index contributed by atoms with van der Waals surface area (Å²) in [4.78, 5) is 11.4. The van der Waals surface area contributed by atoms with E-state index in [1.54, 1.807) is 6.92 Å². The predicted octanol–water partition coefficient (Wildman–Crippen LogP) is 3.02. The fourth-order valence-electron chi connectivity index (χ4n) is 1.74. The minimum Gasteiger partial charge on any atom is -0.468 e. The Labute approximate surface area is 94.0 Å². The van der Waals surface area contributed by atoms with Gasteiger partial charge >= 0.3 is 5.97 Å². The summed E-state index contributed by atoms with van der Waals surface area (Å²) in [5.41, 5.74) is 1.91. The number of furan rings is 1. The van der Waals surface area contributed by atoms with Crippen LogP contribution in [-0.4, -0.2) is 13.1 Å². The average Bonchev–Trinajstić information content (AvgIpc) is 2.72. The summed E-state index contributed by atoms with van der Waals surface area (Å²) < 4.78 is 10.4. The fraction of sp³-hybridized carbons (Fsp3) is 0.308. The number of benzene rings is 1. The quantitative estimate of drug-likeness (QED) is 0.727. The lowest BCUT2D eigenvalue weighted by molar-refractivity contribution is -0.142. The van der Waals surface area contributed by atoms with Gasteiger partial charge in [-0.3, -0.25) is 4.79 Å². The highest BCUT2D eigenvalue weighted by molar-refractivity contribution is 5.84. The number of para-hydroxylation sites is 1. The zero-order valence-electron chi connectivity index (χ0n) is 9.61. The lowest BCUT2D eigenvalue weighted by Crippen LogP contribution is -2.09. The molecule has 1 atom stereocenters. The lowest BCUT2D eigenvalue weighted by Gasteiger charge is -2.04. The van der Waals surface area contributed by atoms with Crippen molar-refractivity contribution in [3.8, 4) is 0 Å². The molecule has 0 aliphatic rings. The fourth-order valence-corrected chi connectivity index (χ4v) is 1.74. The zero-order valence-corrected chi connectivity index (χ0v) is 9.61. The number of carbonyl (C=O) groups excluding carboxylic acids is 1. The van der Waals surface area contributed by atoms with E-state index in [1.807, 2.05) is 31.2 Å². The van der Waals surface area contributed by atoms with Gasteiger partial charge in [-0.1, -0.05) is 18.2 Å². The van der Waals surface area contributed by atoms with E-state index in [4.69, 9.17) is 9.15 Å². The van der Waals surface area contributed by atoms with Gasteiger partial charge in [0.05, 0.1) is 7.11 Å². The largest absolute Gasteiger partial charge is 0.468 e. The number of ether oxygens (including phenoxy) is 1. The molecule has 3 heteroatoms. The van der Waals surface area contributed by atoms with Crippen molar-refractivity contribution in [2.75, 3.05) is 7.11 Å². The molecule has 1 aromatic carbocycles. The Bertz CT molecular complexity index is 525. The van der Waals surface area contributed by atoms with Crippen LogP contribution < -0.4 is 0 Å². The van der Waals surface area contributed by atoms with Gasteiger partial charge in [0, 0.05) is 5.39 Å². The Morgan fingerprint density at radius 3 is 2.81 bits per heavy atom. The smallest absolute Gasteiger partial charge is 0.316 e. The SMILES string of the molecule is COC(=O)C(C)c1cc2cccc(C)c2o1. The van der Waals surface area contributed by atoms with Gasteiger partial charge in [-0.2, -0.15) is 0 Å². The van der Waals surface area contributed by atoms with Crippen molar-refractivity contribution in [3.05, 3.63) is 35.6 Å². The molecular formula is C13H14O3. The van der Waals surface area contributed by atoms with Crippen LogP contribution in [0, 0.1) is 6.92 Å². The Kier molecular flexibility index (Phi) is 2.69. The second-order valence-electron chi connectivity index (χ2n) is 3.89. The lowest BCUT2D eigenvalue weighted by atomic mass is 10.1. The van der Waals surface area contributed by atoms with Crippen molar-refractivity contribution in [1.82, 2.24) is 0 Å². The van der Waals surface area contributed by atoms with Crippen LogP contribution in [0.4, 0.5) is 0 Å². The number of hydrogen-bond donors (Lipinski definition) is 0. The molecule has 16 heavy (non-hydrogen) atoms. The van der Waals surface area contributed by atoms with Crippen molar-refractivity contribution in [2.24, 2.45) is 0 Å². The first-order chi connectivity index (χ1) is 7.63. The number of esters is 1. The Hall–Kier alpha value is -1.77. The summed E-state index contributed by atoms with van der Waals surface area (Å²) in [6, 6.07) is 7.82. The zero-order chi connectivity index (χ0) is 11.7. The molecule has 0 aliphatic heterocycles. The molecule has 0 aliphatic carbocycles. The minimum absolute atomic E-state index is 0.281. The summed E-state index contributed by atoms with van der Waals surface area (Å²) in [6.07, 6.45) is 0. The van der Waals surface area contributed by atoms with Crippen LogP contribution in [0.25, 0.3) is 11.0 Å². The molecule has 84 valence electrons. The van der Waals surface area contributed by atoms with E-state index in [1.165, 1.54) is 7.11 Å². The molecule has 0 saturated heterocycles. The summed E-state index contributed by atoms with van der Waals surface area (Å²) in [6.45, 7) is 3.76. The standard InChI is InChI=1S/C13H14O3/c1-8-5-4-6-10-7-11(16-12(8)10)9(2)13(14)15-3/h4-7,9H,1-3H3. The molecule has 1 unspecified atom stereocenters. The van der Waals surface area contributed by atoms with Crippen molar-refractivity contribution < 1.29 is 13.9 Å². The molecular weight excluding hydrogens is 204 g/mol. The summed E-state index contributed by atoms with van der Waals surface area (Å²) in [5, 5.41) is 1.02. The molecule has 2 rings (SSSR count). The van der Waals surface area contributed by atoms with Gasteiger partial charge in [-0.05, 0) is 25.5 Å². The highest BCUT2D eigenvalue weighted by Crippen LogP contribution is 2.27. The van der Waals surface area contributed by atoms with E-state index in [2.05, 4.69) is 0 Å². The molecule has 0 fully saturated rings. The van der Waals surface area contributed by atoms with Gasteiger partial charge in [0.15, 0.2) is 0 Å². The molecule has 0 spiro atoms. The third-order valence-corrected chi connectivity index (χ3v) is 2.74. The first kappa shape index (κ1) is 10.7. The third kappa shape index (κ3) is 1.69. The first-order valence-electron chi connectivity index (χ1n) is 5.20. The second-order valence-corrected chi connectivity index (χ2v) is 3.89. The normalized spacial score (nSPS) is 12.7. The number of aryl methyl sites for hydroxylation is 1. The number of rotatable bonds is 2. The van der Waals surface area contributed by atoms with Crippen molar-refractivity contribution >= 4 is 16.9 Å². The molecule has 2 aromatic rings. The Balaban J connectivity index is 2.47. The number of methoxy groups -OCH3 is 1. The van der Waals surface area contributed by atoms with Gasteiger partial charge in [0.2, 0.25) is 0 Å². The highest BCUT2D eigenvalue weighted by atomic mass is 16.5. The van der Waals surface area contributed by atoms with Crippen LogP contribution in [0.3, 0.4) is 0 Å². The predicted molar refractivity (Wildman–Crippen MR) is 61.4 cm³/mol. The van der Waals surface area contributed by atoms with Crippen LogP contribution in [0.15, 0.2) is 28.7 Å². The molecule has 0 amide bonds. The Morgan fingerprint density at radius 1 is 1.44 bits per heavy atom. The van der Waals surface area contributed by atoms with E-state index in [0.717, 1.165) is 16.5 Å². The van der Waals surface area contributed by atoms with E-state index < -0.39 is 0 Å². The summed E-state index contributed by atoms with van der Waals surface area (Å²) in [7, 11) is 1.38. The number of hydrogen-bond acceptors (Lipinski definition) is 3. The van der Waals surface area contributed by atoms with Gasteiger partial charge in [0.25, 0.3) is 0 Å². The molecule has 0 N–H and O–H groups in total. The van der Waals surface area contributed by atoms with Gasteiger partial charge in [-0.25, -0.2) is 0 Å². The van der Waals surface area contributed by atoms with Crippen LogP contribution >= 0.6 is 0 Å². The molecule has 3 nitrogen and oxygen atoms in total. The van der Waals surface area contributed by atoms with Crippen molar-refractivity contribution in [2.45, 2.75) is 19.8 Å². The second kappa shape index (κ2) is 4.00. The van der Waals surface area contributed by atoms with Gasteiger partial charge < -0.3 is 9.15 Å². The van der Waals surface area contributed by atoms with Crippen molar-refractivity contribution in [1.29, 1.82) is 0 Å². The molecule has 1 aromatic heterocycles.